The van der Waals surface area contributed by atoms with Crippen LogP contribution in [0.1, 0.15) is 48.8 Å². The van der Waals surface area contributed by atoms with Gasteiger partial charge in [0, 0.05) is 7.05 Å². The SMILES string of the molecule is C[C@@H](c1ccccc1)N(C)C(=O)CN1CCCC[C@@H]1c1nc2ccccc2s1. The Morgan fingerprint density at radius 1 is 1.18 bits per heavy atom. The van der Waals surface area contributed by atoms with Crippen molar-refractivity contribution in [3.8, 4) is 0 Å². The summed E-state index contributed by atoms with van der Waals surface area (Å²) in [5.41, 5.74) is 2.23. The molecule has 1 fully saturated rings. The Balaban J connectivity index is 1.49. The van der Waals surface area contributed by atoms with Crippen LogP contribution in [0.5, 0.6) is 0 Å². The number of piperidine rings is 1. The fourth-order valence-electron chi connectivity index (χ4n) is 3.95. The van der Waals surface area contributed by atoms with Crippen LogP contribution in [0.15, 0.2) is 54.6 Å². The van der Waals surface area contributed by atoms with Crippen LogP contribution < -0.4 is 0 Å². The standard InChI is InChI=1S/C23H27N3OS/c1-17(18-10-4-3-5-11-18)25(2)22(27)16-26-15-9-8-13-20(26)23-24-19-12-6-7-14-21(19)28-23/h3-7,10-12,14,17,20H,8-9,13,15-16H2,1-2H3/t17-,20+/m0/s1. The molecular weight excluding hydrogens is 366 g/mol. The summed E-state index contributed by atoms with van der Waals surface area (Å²) in [6.07, 6.45) is 3.42. The highest BCUT2D eigenvalue weighted by Crippen LogP contribution is 2.35. The molecule has 0 spiro atoms. The highest BCUT2D eigenvalue weighted by Gasteiger charge is 2.29. The third-order valence-corrected chi connectivity index (χ3v) is 6.94. The van der Waals surface area contributed by atoms with Crippen molar-refractivity contribution in [2.24, 2.45) is 0 Å². The molecule has 2 aromatic carbocycles. The van der Waals surface area contributed by atoms with Crippen LogP contribution in [0.4, 0.5) is 0 Å². The van der Waals surface area contributed by atoms with Gasteiger partial charge in [-0.25, -0.2) is 4.98 Å². The topological polar surface area (TPSA) is 36.4 Å². The Morgan fingerprint density at radius 2 is 1.93 bits per heavy atom. The fraction of sp³-hybridized carbons (Fsp3) is 0.391. The number of amides is 1. The molecular formula is C23H27N3OS. The first-order chi connectivity index (χ1) is 13.6. The Labute approximate surface area is 170 Å². The van der Waals surface area contributed by atoms with Gasteiger partial charge in [-0.15, -0.1) is 11.3 Å². The average Bonchev–Trinajstić information content (AvgIpc) is 3.17. The zero-order valence-corrected chi connectivity index (χ0v) is 17.4. The highest BCUT2D eigenvalue weighted by atomic mass is 32.1. The van der Waals surface area contributed by atoms with E-state index in [1.54, 1.807) is 11.3 Å². The Morgan fingerprint density at radius 3 is 2.71 bits per heavy atom. The summed E-state index contributed by atoms with van der Waals surface area (Å²) in [5, 5.41) is 1.15. The fourth-order valence-corrected chi connectivity index (χ4v) is 5.09. The minimum Gasteiger partial charge on any atom is -0.338 e. The predicted molar refractivity (Wildman–Crippen MR) is 115 cm³/mol. The number of benzene rings is 2. The first-order valence-corrected chi connectivity index (χ1v) is 10.9. The van der Waals surface area contributed by atoms with Crippen molar-refractivity contribution in [1.29, 1.82) is 0 Å². The molecule has 146 valence electrons. The minimum absolute atomic E-state index is 0.0689. The molecule has 4 nitrogen and oxygen atoms in total. The molecule has 1 amide bonds. The van der Waals surface area contributed by atoms with Crippen molar-refractivity contribution in [3.05, 3.63) is 65.2 Å². The molecule has 0 radical (unpaired) electrons. The maximum absolute atomic E-state index is 13.0. The number of rotatable bonds is 5. The van der Waals surface area contributed by atoms with E-state index in [-0.39, 0.29) is 18.0 Å². The second kappa shape index (κ2) is 8.41. The lowest BCUT2D eigenvalue weighted by Gasteiger charge is -2.36. The number of aromatic nitrogens is 1. The molecule has 0 saturated carbocycles. The van der Waals surface area contributed by atoms with Gasteiger partial charge >= 0.3 is 0 Å². The summed E-state index contributed by atoms with van der Waals surface area (Å²) >= 11 is 1.77. The van der Waals surface area contributed by atoms with Gasteiger partial charge in [-0.2, -0.15) is 0 Å². The lowest BCUT2D eigenvalue weighted by molar-refractivity contribution is -0.134. The van der Waals surface area contributed by atoms with Gasteiger partial charge in [0.05, 0.1) is 28.8 Å². The zero-order chi connectivity index (χ0) is 19.5. The van der Waals surface area contributed by atoms with Gasteiger partial charge in [0.2, 0.25) is 5.91 Å². The number of hydrogen-bond donors (Lipinski definition) is 0. The van der Waals surface area contributed by atoms with Crippen molar-refractivity contribution in [3.63, 3.8) is 0 Å². The first-order valence-electron chi connectivity index (χ1n) is 10.0. The number of para-hydroxylation sites is 1. The summed E-state index contributed by atoms with van der Waals surface area (Å²) in [7, 11) is 1.91. The number of thiazole rings is 1. The van der Waals surface area contributed by atoms with E-state index in [1.807, 2.05) is 36.2 Å². The van der Waals surface area contributed by atoms with Crippen molar-refractivity contribution >= 4 is 27.5 Å². The maximum Gasteiger partial charge on any atom is 0.237 e. The molecule has 1 aliphatic rings. The summed E-state index contributed by atoms with van der Waals surface area (Å²) in [6, 6.07) is 18.8. The van der Waals surface area contributed by atoms with E-state index in [2.05, 4.69) is 42.2 Å². The molecule has 5 heteroatoms. The van der Waals surface area contributed by atoms with E-state index in [1.165, 1.54) is 16.7 Å². The molecule has 0 N–H and O–H groups in total. The van der Waals surface area contributed by atoms with Crippen LogP contribution >= 0.6 is 11.3 Å². The molecule has 0 bridgehead atoms. The Kier molecular flexibility index (Phi) is 5.74. The molecule has 1 saturated heterocycles. The van der Waals surface area contributed by atoms with Crippen molar-refractivity contribution in [2.75, 3.05) is 20.1 Å². The number of carbonyl (C=O) groups is 1. The predicted octanol–water partition coefficient (Wildman–Crippen LogP) is 5.04. The van der Waals surface area contributed by atoms with E-state index in [4.69, 9.17) is 4.98 Å². The van der Waals surface area contributed by atoms with Gasteiger partial charge in [0.1, 0.15) is 5.01 Å². The van der Waals surface area contributed by atoms with Crippen molar-refractivity contribution < 1.29 is 4.79 Å². The van der Waals surface area contributed by atoms with Crippen LogP contribution in [-0.2, 0) is 4.79 Å². The normalized spacial score (nSPS) is 18.9. The maximum atomic E-state index is 13.0. The highest BCUT2D eigenvalue weighted by molar-refractivity contribution is 7.18. The molecule has 0 aliphatic carbocycles. The number of nitrogens with zero attached hydrogens (tertiary/aromatic N) is 3. The lowest BCUT2D eigenvalue weighted by atomic mass is 10.0. The molecule has 28 heavy (non-hydrogen) atoms. The van der Waals surface area contributed by atoms with E-state index >= 15 is 0 Å². The summed E-state index contributed by atoms with van der Waals surface area (Å²) in [6.45, 7) is 3.50. The van der Waals surface area contributed by atoms with Crippen LogP contribution in [-0.4, -0.2) is 40.8 Å². The first kappa shape index (κ1) is 19.1. The molecule has 4 rings (SSSR count). The number of carbonyl (C=O) groups excluding carboxylic acids is 1. The third kappa shape index (κ3) is 3.96. The van der Waals surface area contributed by atoms with Gasteiger partial charge in [-0.1, -0.05) is 48.9 Å². The van der Waals surface area contributed by atoms with Gasteiger partial charge < -0.3 is 4.90 Å². The largest absolute Gasteiger partial charge is 0.338 e. The number of likely N-dealkylation sites (N-methyl/N-ethyl adjacent to an activating group) is 1. The van der Waals surface area contributed by atoms with Crippen LogP contribution in [0.3, 0.4) is 0 Å². The van der Waals surface area contributed by atoms with Gasteiger partial charge in [0.15, 0.2) is 0 Å². The molecule has 3 aromatic rings. The van der Waals surface area contributed by atoms with E-state index in [0.29, 0.717) is 6.54 Å². The summed E-state index contributed by atoms with van der Waals surface area (Å²) in [5.74, 6) is 0.171. The smallest absolute Gasteiger partial charge is 0.237 e. The van der Waals surface area contributed by atoms with Crippen LogP contribution in [0, 0.1) is 0 Å². The molecule has 1 aliphatic heterocycles. The average molecular weight is 394 g/mol. The van der Waals surface area contributed by atoms with E-state index < -0.39 is 0 Å². The Hall–Kier alpha value is -2.24. The quantitative estimate of drug-likeness (QED) is 0.609. The van der Waals surface area contributed by atoms with Crippen LogP contribution in [0.25, 0.3) is 10.2 Å². The van der Waals surface area contributed by atoms with Crippen molar-refractivity contribution in [1.82, 2.24) is 14.8 Å². The zero-order valence-electron chi connectivity index (χ0n) is 16.5. The van der Waals surface area contributed by atoms with E-state index in [9.17, 15) is 4.79 Å². The number of fused-ring (bicyclic) bond motifs is 1. The summed E-state index contributed by atoms with van der Waals surface area (Å²) in [4.78, 5) is 22.1. The number of likely N-dealkylation sites (tertiary alicyclic amines) is 1. The molecule has 0 unspecified atom stereocenters. The lowest BCUT2D eigenvalue weighted by Crippen LogP contribution is -2.43. The molecule has 1 aromatic heterocycles. The van der Waals surface area contributed by atoms with E-state index in [0.717, 1.165) is 29.9 Å². The van der Waals surface area contributed by atoms with Gasteiger partial charge in [-0.3, -0.25) is 9.69 Å². The van der Waals surface area contributed by atoms with Crippen LogP contribution in [0.2, 0.25) is 0 Å². The Bertz CT molecular complexity index is 906. The second-order valence-corrected chi connectivity index (χ2v) is 8.66. The molecule has 2 atom stereocenters. The monoisotopic (exact) mass is 393 g/mol. The van der Waals surface area contributed by atoms with Gasteiger partial charge in [0.25, 0.3) is 0 Å². The number of hydrogen-bond acceptors (Lipinski definition) is 4. The molecule has 2 heterocycles. The third-order valence-electron chi connectivity index (χ3n) is 5.80. The summed E-state index contributed by atoms with van der Waals surface area (Å²) < 4.78 is 1.23. The minimum atomic E-state index is 0.0689. The van der Waals surface area contributed by atoms with Crippen molar-refractivity contribution in [2.45, 2.75) is 38.3 Å². The second-order valence-electron chi connectivity index (χ2n) is 7.59. The van der Waals surface area contributed by atoms with Gasteiger partial charge in [-0.05, 0) is 44.0 Å².